The lowest BCUT2D eigenvalue weighted by Crippen LogP contribution is -2.52. The molecule has 9 heteroatoms. The summed E-state index contributed by atoms with van der Waals surface area (Å²) in [6.45, 7) is 10.4. The third-order valence-electron chi connectivity index (χ3n) is 5.07. The molecule has 0 amide bonds. The predicted molar refractivity (Wildman–Crippen MR) is 127 cm³/mol. The number of methoxy groups -OCH3 is 1. The molecule has 1 N–H and O–H groups in total. The molecule has 0 radical (unpaired) electrons. The second kappa shape index (κ2) is 11.0. The zero-order valence-corrected chi connectivity index (χ0v) is 20.3. The number of aryl methyl sites for hydroxylation is 1. The summed E-state index contributed by atoms with van der Waals surface area (Å²) >= 11 is 1.81. The highest BCUT2D eigenvalue weighted by Gasteiger charge is 2.21. The largest absolute Gasteiger partial charge is 0.383 e. The van der Waals surface area contributed by atoms with Crippen LogP contribution in [0.5, 0.6) is 0 Å². The Morgan fingerprint density at radius 2 is 2.04 bits per heavy atom. The van der Waals surface area contributed by atoms with Crippen LogP contribution in [0.15, 0.2) is 22.5 Å². The molecule has 156 valence electrons. The first-order chi connectivity index (χ1) is 13.1. The minimum atomic E-state index is 0. The van der Waals surface area contributed by atoms with Crippen molar-refractivity contribution in [1.29, 1.82) is 0 Å². The number of ether oxygens (including phenoxy) is 1. The van der Waals surface area contributed by atoms with Gasteiger partial charge in [-0.25, -0.2) is 0 Å². The maximum absolute atomic E-state index is 5.17. The average Bonchev–Trinajstić information content (AvgIpc) is 3.31. The third-order valence-corrected chi connectivity index (χ3v) is 6.00. The standard InChI is InChI=1S/C19H30N6OS.HI/c1-15-17(16(2)25(22-15)11-12-26-4)14-21-19(20-3)24-9-7-23(8-10-24)18-6-5-13-27-18;/h5-6,13H,7-12,14H2,1-4H3,(H,20,21);1H. The molecule has 0 saturated carbocycles. The van der Waals surface area contributed by atoms with E-state index in [9.17, 15) is 0 Å². The zero-order chi connectivity index (χ0) is 19.2. The van der Waals surface area contributed by atoms with Crippen molar-refractivity contribution in [1.82, 2.24) is 20.0 Å². The van der Waals surface area contributed by atoms with Gasteiger partial charge in [0.15, 0.2) is 5.96 Å². The van der Waals surface area contributed by atoms with Gasteiger partial charge in [0.2, 0.25) is 0 Å². The summed E-state index contributed by atoms with van der Waals surface area (Å²) in [5.41, 5.74) is 3.49. The topological polar surface area (TPSA) is 57.9 Å². The Morgan fingerprint density at radius 1 is 1.29 bits per heavy atom. The van der Waals surface area contributed by atoms with Crippen LogP contribution in [0.25, 0.3) is 0 Å². The second-order valence-corrected chi connectivity index (χ2v) is 7.62. The first-order valence-electron chi connectivity index (χ1n) is 9.40. The molecule has 1 aliphatic rings. The van der Waals surface area contributed by atoms with E-state index in [-0.39, 0.29) is 24.0 Å². The molecule has 1 saturated heterocycles. The Labute approximate surface area is 188 Å². The van der Waals surface area contributed by atoms with Crippen molar-refractivity contribution in [3.63, 3.8) is 0 Å². The number of thiophene rings is 1. The summed E-state index contributed by atoms with van der Waals surface area (Å²) in [4.78, 5) is 9.28. The third kappa shape index (κ3) is 5.38. The summed E-state index contributed by atoms with van der Waals surface area (Å²) < 4.78 is 7.20. The Bertz CT molecular complexity index is 753. The minimum absolute atomic E-state index is 0. The summed E-state index contributed by atoms with van der Waals surface area (Å²) in [5, 5.41) is 11.7. The number of guanidine groups is 1. The molecule has 0 spiro atoms. The van der Waals surface area contributed by atoms with Crippen LogP contribution in [0, 0.1) is 13.8 Å². The average molecular weight is 518 g/mol. The maximum Gasteiger partial charge on any atom is 0.194 e. The van der Waals surface area contributed by atoms with Gasteiger partial charge in [0.25, 0.3) is 0 Å². The molecular formula is C19H31IN6OS. The van der Waals surface area contributed by atoms with Crippen molar-refractivity contribution in [2.45, 2.75) is 26.9 Å². The van der Waals surface area contributed by atoms with Gasteiger partial charge in [-0.15, -0.1) is 35.3 Å². The highest BCUT2D eigenvalue weighted by atomic mass is 127. The zero-order valence-electron chi connectivity index (χ0n) is 17.1. The molecule has 2 aromatic rings. The highest BCUT2D eigenvalue weighted by molar-refractivity contribution is 14.0. The molecule has 7 nitrogen and oxygen atoms in total. The molecule has 1 fully saturated rings. The fourth-order valence-corrected chi connectivity index (χ4v) is 4.26. The summed E-state index contributed by atoms with van der Waals surface area (Å²) in [7, 11) is 3.58. The van der Waals surface area contributed by atoms with Crippen molar-refractivity contribution >= 4 is 46.3 Å². The van der Waals surface area contributed by atoms with Gasteiger partial charge in [0, 0.05) is 58.1 Å². The van der Waals surface area contributed by atoms with Gasteiger partial charge in [0.05, 0.1) is 23.8 Å². The van der Waals surface area contributed by atoms with Crippen LogP contribution in [0.4, 0.5) is 5.00 Å². The summed E-state index contributed by atoms with van der Waals surface area (Å²) in [5.74, 6) is 0.962. The van der Waals surface area contributed by atoms with Crippen LogP contribution in [-0.4, -0.2) is 67.6 Å². The molecule has 0 aromatic carbocycles. The number of rotatable bonds is 6. The monoisotopic (exact) mass is 518 g/mol. The van der Waals surface area contributed by atoms with E-state index in [0.717, 1.165) is 50.9 Å². The van der Waals surface area contributed by atoms with Crippen molar-refractivity contribution < 1.29 is 4.74 Å². The van der Waals surface area contributed by atoms with Crippen molar-refractivity contribution in [2.75, 3.05) is 51.8 Å². The van der Waals surface area contributed by atoms with Crippen molar-refractivity contribution in [2.24, 2.45) is 4.99 Å². The molecule has 0 aliphatic carbocycles. The number of anilines is 1. The summed E-state index contributed by atoms with van der Waals surface area (Å²) in [6, 6.07) is 4.31. The van der Waals surface area contributed by atoms with E-state index in [1.54, 1.807) is 18.4 Å². The summed E-state index contributed by atoms with van der Waals surface area (Å²) in [6.07, 6.45) is 0. The predicted octanol–water partition coefficient (Wildman–Crippen LogP) is 2.72. The van der Waals surface area contributed by atoms with Gasteiger partial charge >= 0.3 is 0 Å². The molecule has 1 aliphatic heterocycles. The fourth-order valence-electron chi connectivity index (χ4n) is 3.47. The van der Waals surface area contributed by atoms with Gasteiger partial charge in [-0.1, -0.05) is 0 Å². The fraction of sp³-hybridized carbons (Fsp3) is 0.579. The van der Waals surface area contributed by atoms with Crippen molar-refractivity contribution in [3.05, 3.63) is 34.5 Å². The first-order valence-corrected chi connectivity index (χ1v) is 10.3. The quantitative estimate of drug-likeness (QED) is 0.362. The van der Waals surface area contributed by atoms with E-state index >= 15 is 0 Å². The smallest absolute Gasteiger partial charge is 0.194 e. The van der Waals surface area contributed by atoms with Crippen LogP contribution < -0.4 is 10.2 Å². The lowest BCUT2D eigenvalue weighted by Gasteiger charge is -2.37. The lowest BCUT2D eigenvalue weighted by molar-refractivity contribution is 0.182. The van der Waals surface area contributed by atoms with Gasteiger partial charge in [0.1, 0.15) is 0 Å². The van der Waals surface area contributed by atoms with E-state index in [4.69, 9.17) is 4.74 Å². The van der Waals surface area contributed by atoms with Crippen molar-refractivity contribution in [3.8, 4) is 0 Å². The highest BCUT2D eigenvalue weighted by Crippen LogP contribution is 2.22. The van der Waals surface area contributed by atoms with Gasteiger partial charge in [-0.2, -0.15) is 5.10 Å². The first kappa shape index (κ1) is 23.0. The van der Waals surface area contributed by atoms with Crippen LogP contribution >= 0.6 is 35.3 Å². The molecule has 2 aromatic heterocycles. The number of nitrogens with one attached hydrogen (secondary N) is 1. The number of aliphatic imine (C=N–C) groups is 1. The molecule has 3 rings (SSSR count). The number of nitrogens with zero attached hydrogens (tertiary/aromatic N) is 5. The van der Waals surface area contributed by atoms with Gasteiger partial charge in [-0.3, -0.25) is 9.67 Å². The van der Waals surface area contributed by atoms with Crippen LogP contribution in [0.3, 0.4) is 0 Å². The van der Waals surface area contributed by atoms with E-state index in [1.165, 1.54) is 16.3 Å². The number of hydrogen-bond acceptors (Lipinski definition) is 5. The van der Waals surface area contributed by atoms with E-state index in [0.29, 0.717) is 6.61 Å². The minimum Gasteiger partial charge on any atom is -0.383 e. The number of hydrogen-bond donors (Lipinski definition) is 1. The molecule has 0 atom stereocenters. The Kier molecular flexibility index (Phi) is 9.03. The van der Waals surface area contributed by atoms with Gasteiger partial charge in [-0.05, 0) is 31.4 Å². The van der Waals surface area contributed by atoms with E-state index < -0.39 is 0 Å². The van der Waals surface area contributed by atoms with Gasteiger partial charge < -0.3 is 19.9 Å². The maximum atomic E-state index is 5.17. The molecule has 0 bridgehead atoms. The number of aromatic nitrogens is 2. The number of piperazine rings is 1. The van der Waals surface area contributed by atoms with E-state index in [2.05, 4.69) is 56.6 Å². The molecular weight excluding hydrogens is 487 g/mol. The molecule has 0 unspecified atom stereocenters. The SMILES string of the molecule is CN=C(NCc1c(C)nn(CCOC)c1C)N1CCN(c2cccs2)CC1.I. The lowest BCUT2D eigenvalue weighted by atomic mass is 10.2. The normalized spacial score (nSPS) is 14.9. The van der Waals surface area contributed by atoms with E-state index in [1.807, 2.05) is 11.7 Å². The van der Waals surface area contributed by atoms with Crippen LogP contribution in [0.2, 0.25) is 0 Å². The molecule has 28 heavy (non-hydrogen) atoms. The Balaban J connectivity index is 0.00000280. The number of halogens is 1. The van der Waals surface area contributed by atoms with Crippen LogP contribution in [0.1, 0.15) is 17.0 Å². The second-order valence-electron chi connectivity index (χ2n) is 6.69. The molecule has 3 heterocycles. The Morgan fingerprint density at radius 3 is 2.64 bits per heavy atom. The van der Waals surface area contributed by atoms with Crippen LogP contribution in [-0.2, 0) is 17.8 Å². The Hall–Kier alpha value is -1.33.